The zero-order chi connectivity index (χ0) is 19.2. The van der Waals surface area contributed by atoms with Crippen LogP contribution in [-0.2, 0) is 22.4 Å². The minimum atomic E-state index is -0.957. The van der Waals surface area contributed by atoms with E-state index in [2.05, 4.69) is 22.4 Å². The average Bonchev–Trinajstić information content (AvgIpc) is 3.06. The fourth-order valence-electron chi connectivity index (χ4n) is 3.82. The molecule has 0 saturated heterocycles. The van der Waals surface area contributed by atoms with E-state index in [1.54, 1.807) is 11.3 Å². The number of nitrogens with one attached hydrogen (secondary N) is 1. The molecular weight excluding hydrogens is 360 g/mol. The molecule has 3 rings (SSSR count). The van der Waals surface area contributed by atoms with Gasteiger partial charge in [0.15, 0.2) is 0 Å². The Bertz CT molecular complexity index is 802. The molecule has 0 spiro atoms. The summed E-state index contributed by atoms with van der Waals surface area (Å²) in [5, 5.41) is 15.3. The molecule has 2 aromatic rings. The molecule has 5 nitrogen and oxygen atoms in total. The summed E-state index contributed by atoms with van der Waals surface area (Å²) in [6, 6.07) is 7.41. The van der Waals surface area contributed by atoms with Crippen LogP contribution in [0, 0.1) is 6.92 Å². The second-order valence-corrected chi connectivity index (χ2v) is 8.26. The van der Waals surface area contributed by atoms with Crippen LogP contribution in [0.25, 0.3) is 0 Å². The number of carbonyl (C=O) groups excluding carboxylic acids is 1. The van der Waals surface area contributed by atoms with Crippen molar-refractivity contribution in [3.63, 3.8) is 0 Å². The van der Waals surface area contributed by atoms with Crippen molar-refractivity contribution < 1.29 is 14.7 Å². The van der Waals surface area contributed by atoms with E-state index in [9.17, 15) is 14.7 Å². The molecule has 144 valence electrons. The molecule has 1 amide bonds. The van der Waals surface area contributed by atoms with Crippen molar-refractivity contribution in [2.75, 3.05) is 0 Å². The van der Waals surface area contributed by atoms with E-state index in [0.717, 1.165) is 36.4 Å². The van der Waals surface area contributed by atoms with E-state index < -0.39 is 12.0 Å². The molecular formula is C21H26N2O3S. The molecule has 0 bridgehead atoms. The summed E-state index contributed by atoms with van der Waals surface area (Å²) >= 11 is 1.60. The Kier molecular flexibility index (Phi) is 6.61. The third-order valence-corrected chi connectivity index (χ3v) is 5.97. The number of rotatable bonds is 8. The van der Waals surface area contributed by atoms with Crippen molar-refractivity contribution in [1.82, 2.24) is 10.3 Å². The smallest absolute Gasteiger partial charge is 0.326 e. The highest BCUT2D eigenvalue weighted by Gasteiger charge is 2.27. The fraction of sp³-hybridized carbons (Fsp3) is 0.476. The minimum Gasteiger partial charge on any atom is -0.480 e. The number of benzene rings is 1. The average molecular weight is 387 g/mol. The van der Waals surface area contributed by atoms with Crippen LogP contribution in [-0.4, -0.2) is 28.0 Å². The normalized spacial score (nSPS) is 17.1. The van der Waals surface area contributed by atoms with Crippen LogP contribution in [0.1, 0.15) is 59.9 Å². The van der Waals surface area contributed by atoms with E-state index in [0.29, 0.717) is 19.3 Å². The first kappa shape index (κ1) is 19.5. The second kappa shape index (κ2) is 9.13. The lowest BCUT2D eigenvalue weighted by atomic mass is 9.79. The van der Waals surface area contributed by atoms with Gasteiger partial charge in [-0.05, 0) is 62.5 Å². The predicted molar refractivity (Wildman–Crippen MR) is 106 cm³/mol. The number of aliphatic carboxylic acids is 1. The van der Waals surface area contributed by atoms with Crippen molar-refractivity contribution in [3.05, 3.63) is 51.5 Å². The maximum Gasteiger partial charge on any atom is 0.326 e. The van der Waals surface area contributed by atoms with Gasteiger partial charge in [0.2, 0.25) is 5.91 Å². The van der Waals surface area contributed by atoms with E-state index in [1.165, 1.54) is 11.1 Å². The number of aromatic nitrogens is 1. The number of hydrogen-bond acceptors (Lipinski definition) is 4. The van der Waals surface area contributed by atoms with Gasteiger partial charge in [-0.2, -0.15) is 0 Å². The van der Waals surface area contributed by atoms with Crippen molar-refractivity contribution in [2.45, 2.75) is 63.8 Å². The Hall–Kier alpha value is -2.21. The first-order valence-electron chi connectivity index (χ1n) is 9.54. The first-order chi connectivity index (χ1) is 13.0. The monoisotopic (exact) mass is 386 g/mol. The number of hydrogen-bond donors (Lipinski definition) is 2. The number of amides is 1. The summed E-state index contributed by atoms with van der Waals surface area (Å²) in [5.74, 6) is -0.964. The highest BCUT2D eigenvalue weighted by Crippen LogP contribution is 2.34. The number of thiazole rings is 1. The Labute approximate surface area is 163 Å². The Morgan fingerprint density at radius 2 is 2.19 bits per heavy atom. The van der Waals surface area contributed by atoms with Gasteiger partial charge in [-0.3, -0.25) is 4.79 Å². The van der Waals surface area contributed by atoms with Gasteiger partial charge in [-0.25, -0.2) is 9.78 Å². The molecule has 6 heteroatoms. The predicted octanol–water partition coefficient (Wildman–Crippen LogP) is 3.85. The maximum atomic E-state index is 12.2. The summed E-state index contributed by atoms with van der Waals surface area (Å²) in [6.45, 7) is 1.96. The van der Waals surface area contributed by atoms with Crippen molar-refractivity contribution >= 4 is 23.2 Å². The number of carboxylic acids is 1. The van der Waals surface area contributed by atoms with Crippen molar-refractivity contribution in [3.8, 4) is 0 Å². The van der Waals surface area contributed by atoms with Gasteiger partial charge in [0.05, 0.1) is 10.7 Å². The standard InChI is InChI=1S/C21H26N2O3S/c1-14-22-17(13-27-14)9-5-11-20(24)23-19(21(25)26)12-16-8-4-7-15-6-2-3-10-18(15)16/h2-3,6,10,13,16,19H,4-5,7-9,11-12H2,1H3,(H,23,24)(H,25,26). The summed E-state index contributed by atoms with van der Waals surface area (Å²) in [5.41, 5.74) is 3.55. The van der Waals surface area contributed by atoms with Crippen LogP contribution in [0.2, 0.25) is 0 Å². The molecule has 1 aliphatic carbocycles. The minimum absolute atomic E-state index is 0.189. The number of fused-ring (bicyclic) bond motifs is 1. The quantitative estimate of drug-likeness (QED) is 0.722. The Morgan fingerprint density at radius 3 is 2.93 bits per heavy atom. The molecule has 2 atom stereocenters. The molecule has 0 aliphatic heterocycles. The molecule has 0 fully saturated rings. The third-order valence-electron chi connectivity index (χ3n) is 5.15. The van der Waals surface area contributed by atoms with Gasteiger partial charge < -0.3 is 10.4 Å². The van der Waals surface area contributed by atoms with Crippen LogP contribution in [0.4, 0.5) is 0 Å². The summed E-state index contributed by atoms with van der Waals surface area (Å²) in [4.78, 5) is 28.3. The Balaban J connectivity index is 1.53. The molecule has 1 heterocycles. The summed E-state index contributed by atoms with van der Waals surface area (Å²) in [7, 11) is 0. The van der Waals surface area contributed by atoms with E-state index >= 15 is 0 Å². The van der Waals surface area contributed by atoms with E-state index in [-0.39, 0.29) is 11.8 Å². The molecule has 1 aromatic carbocycles. The summed E-state index contributed by atoms with van der Waals surface area (Å²) in [6.07, 6.45) is 5.27. The van der Waals surface area contributed by atoms with Crippen LogP contribution >= 0.6 is 11.3 Å². The van der Waals surface area contributed by atoms with Crippen molar-refractivity contribution in [2.24, 2.45) is 0 Å². The summed E-state index contributed by atoms with van der Waals surface area (Å²) < 4.78 is 0. The van der Waals surface area contributed by atoms with Gasteiger partial charge in [-0.15, -0.1) is 11.3 Å². The molecule has 1 aromatic heterocycles. The third kappa shape index (κ3) is 5.39. The zero-order valence-electron chi connectivity index (χ0n) is 15.6. The SMILES string of the molecule is Cc1nc(CCCC(=O)NC(CC2CCCc3ccccc32)C(=O)O)cs1. The lowest BCUT2D eigenvalue weighted by molar-refractivity contribution is -0.142. The van der Waals surface area contributed by atoms with Crippen LogP contribution in [0.15, 0.2) is 29.6 Å². The molecule has 1 aliphatic rings. The number of aryl methyl sites for hydroxylation is 3. The molecule has 0 saturated carbocycles. The van der Waals surface area contributed by atoms with E-state index in [1.807, 2.05) is 24.4 Å². The molecule has 0 radical (unpaired) electrons. The highest BCUT2D eigenvalue weighted by atomic mass is 32.1. The van der Waals surface area contributed by atoms with Gasteiger partial charge in [-0.1, -0.05) is 24.3 Å². The number of nitrogens with zero attached hydrogens (tertiary/aromatic N) is 1. The van der Waals surface area contributed by atoms with E-state index in [4.69, 9.17) is 0 Å². The largest absolute Gasteiger partial charge is 0.480 e. The maximum absolute atomic E-state index is 12.2. The van der Waals surface area contributed by atoms with Gasteiger partial charge in [0, 0.05) is 11.8 Å². The molecule has 27 heavy (non-hydrogen) atoms. The lowest BCUT2D eigenvalue weighted by Gasteiger charge is -2.28. The van der Waals surface area contributed by atoms with Crippen molar-refractivity contribution in [1.29, 1.82) is 0 Å². The number of carbonyl (C=O) groups is 2. The van der Waals surface area contributed by atoms with Gasteiger partial charge >= 0.3 is 5.97 Å². The van der Waals surface area contributed by atoms with Gasteiger partial charge in [0.25, 0.3) is 0 Å². The van der Waals surface area contributed by atoms with Gasteiger partial charge in [0.1, 0.15) is 6.04 Å². The Morgan fingerprint density at radius 1 is 1.37 bits per heavy atom. The lowest BCUT2D eigenvalue weighted by Crippen LogP contribution is -2.42. The topological polar surface area (TPSA) is 79.3 Å². The second-order valence-electron chi connectivity index (χ2n) is 7.19. The number of carboxylic acid groups (broad SMARTS) is 1. The van der Waals surface area contributed by atoms with Crippen LogP contribution < -0.4 is 5.32 Å². The first-order valence-corrected chi connectivity index (χ1v) is 10.4. The fourth-order valence-corrected chi connectivity index (χ4v) is 4.47. The molecule has 2 N–H and O–H groups in total. The molecule has 2 unspecified atom stereocenters. The van der Waals surface area contributed by atoms with Crippen LogP contribution in [0.3, 0.4) is 0 Å². The zero-order valence-corrected chi connectivity index (χ0v) is 16.4. The highest BCUT2D eigenvalue weighted by molar-refractivity contribution is 7.09. The van der Waals surface area contributed by atoms with Crippen LogP contribution in [0.5, 0.6) is 0 Å².